The molecule has 0 saturated heterocycles. The third-order valence-electron chi connectivity index (χ3n) is 2.30. The molecule has 1 heterocycles. The fourth-order valence-corrected chi connectivity index (χ4v) is 0.661. The Labute approximate surface area is 178 Å². The predicted octanol–water partition coefficient (Wildman–Crippen LogP) is 4.68. The summed E-state index contributed by atoms with van der Waals surface area (Å²) in [5.74, 6) is 0. The summed E-state index contributed by atoms with van der Waals surface area (Å²) in [5, 5.41) is 47.2. The molecule has 28 heavy (non-hydrogen) atoms. The van der Waals surface area contributed by atoms with E-state index in [0.717, 1.165) is 6.54 Å². The monoisotopic (exact) mass is 442 g/mol. The molecular weight excluding hydrogens is 409 g/mol. The zero-order valence-corrected chi connectivity index (χ0v) is 18.6. The van der Waals surface area contributed by atoms with Crippen LogP contribution in [0.2, 0.25) is 0 Å². The number of rotatable bonds is 2. The van der Waals surface area contributed by atoms with Crippen molar-refractivity contribution in [2.45, 2.75) is 48.5 Å². The molecule has 163 valence electrons. The Morgan fingerprint density at radius 3 is 1.14 bits per heavy atom. The average Bonchev–Trinajstić information content (AvgIpc) is 2.66. The molecule has 0 unspecified atom stereocenters. The maximum atomic E-state index is 8.03. The number of hydrogen-bond donors (Lipinski definition) is 4. The number of oxime groups is 4. The van der Waals surface area contributed by atoms with E-state index < -0.39 is 0 Å². The van der Waals surface area contributed by atoms with Gasteiger partial charge in [-0.2, -0.15) is 11.6 Å². The molecule has 4 N–H and O–H groups in total. The SMILES string of the molecule is C1=CC[N-]C=C1.CC(=N\O)/C(C)=N/O.CC(=N\O)/C(C)=N/O.[CH2-]C(C)(C)C.[Co+2]. The Morgan fingerprint density at radius 2 is 1.07 bits per heavy atom. The van der Waals surface area contributed by atoms with Gasteiger partial charge in [0.2, 0.25) is 0 Å². The summed E-state index contributed by atoms with van der Waals surface area (Å²) < 4.78 is 0. The van der Waals surface area contributed by atoms with Gasteiger partial charge in [-0.25, -0.2) is 0 Å². The summed E-state index contributed by atoms with van der Waals surface area (Å²) in [6, 6.07) is 0. The van der Waals surface area contributed by atoms with Gasteiger partial charge in [0.15, 0.2) is 0 Å². The third-order valence-corrected chi connectivity index (χ3v) is 2.30. The minimum Gasteiger partial charge on any atom is -0.687 e. The predicted molar refractivity (Wildman–Crippen MR) is 111 cm³/mol. The average molecular weight is 442 g/mol. The largest absolute Gasteiger partial charge is 2.00 e. The summed E-state index contributed by atoms with van der Waals surface area (Å²) in [7, 11) is 0. The summed E-state index contributed by atoms with van der Waals surface area (Å²) in [4.78, 5) is 0. The van der Waals surface area contributed by atoms with Crippen LogP contribution in [0.5, 0.6) is 0 Å². The van der Waals surface area contributed by atoms with E-state index >= 15 is 0 Å². The van der Waals surface area contributed by atoms with E-state index in [4.69, 9.17) is 20.8 Å². The molecule has 0 saturated carbocycles. The van der Waals surface area contributed by atoms with E-state index in [-0.39, 0.29) is 22.2 Å². The van der Waals surface area contributed by atoms with Gasteiger partial charge in [-0.1, -0.05) is 53.5 Å². The maximum Gasteiger partial charge on any atom is 2.00 e. The summed E-state index contributed by atoms with van der Waals surface area (Å²) in [6.07, 6.45) is 7.73. The molecule has 10 heteroatoms. The third kappa shape index (κ3) is 31.4. The van der Waals surface area contributed by atoms with E-state index in [0.29, 0.717) is 22.8 Å². The van der Waals surface area contributed by atoms with Crippen LogP contribution in [0, 0.1) is 12.3 Å². The van der Waals surface area contributed by atoms with Gasteiger partial charge >= 0.3 is 16.8 Å². The smallest absolute Gasteiger partial charge is 0.687 e. The first-order valence-electron chi connectivity index (χ1n) is 8.03. The first-order chi connectivity index (χ1) is 12.4. The molecule has 0 aromatic heterocycles. The maximum absolute atomic E-state index is 8.03. The normalized spacial score (nSPS) is 14.0. The standard InChI is InChI=1S/C5H6N.C5H11.2C4H8N2O2.Co/c1-2-4-6-5-3-1;1-5(2,3)4;2*1-3(5-7)4(2)6-8;/h1-4H,5H2;1H2,2-4H3;2*7-8H,1-2H3;/q2*-1;;;+2/b;;2*5-3+,6-4+;. The Balaban J connectivity index is -0.000000138. The van der Waals surface area contributed by atoms with Crippen molar-refractivity contribution in [1.29, 1.82) is 0 Å². The fourth-order valence-electron chi connectivity index (χ4n) is 0.661. The van der Waals surface area contributed by atoms with Crippen molar-refractivity contribution in [3.63, 3.8) is 0 Å². The van der Waals surface area contributed by atoms with E-state index in [9.17, 15) is 0 Å². The minimum atomic E-state index is 0. The van der Waals surface area contributed by atoms with Gasteiger partial charge in [0, 0.05) is 0 Å². The van der Waals surface area contributed by atoms with Gasteiger partial charge in [0.25, 0.3) is 0 Å². The molecule has 0 amide bonds. The molecule has 0 spiro atoms. The molecule has 0 bridgehead atoms. The molecule has 1 rings (SSSR count). The first kappa shape index (κ1) is 33.3. The Kier molecular flexibility index (Phi) is 24.9. The van der Waals surface area contributed by atoms with Gasteiger partial charge < -0.3 is 33.1 Å². The van der Waals surface area contributed by atoms with Crippen molar-refractivity contribution < 1.29 is 37.6 Å². The van der Waals surface area contributed by atoms with Crippen molar-refractivity contribution in [3.05, 3.63) is 36.7 Å². The van der Waals surface area contributed by atoms with Gasteiger partial charge in [0.05, 0.1) is 0 Å². The van der Waals surface area contributed by atoms with E-state index in [2.05, 4.69) is 53.6 Å². The molecule has 1 aliphatic heterocycles. The second kappa shape index (κ2) is 21.0. The number of hydrogen-bond acceptors (Lipinski definition) is 8. The van der Waals surface area contributed by atoms with Crippen molar-refractivity contribution in [3.8, 4) is 0 Å². The molecule has 0 atom stereocenters. The topological polar surface area (TPSA) is 144 Å². The van der Waals surface area contributed by atoms with Gasteiger partial charge in [-0.15, -0.1) is 12.6 Å². The Hall–Kier alpha value is -2.33. The molecule has 0 fully saturated rings. The second-order valence-corrected chi connectivity index (χ2v) is 6.44. The fraction of sp³-hybridized carbons (Fsp3) is 0.500. The molecule has 0 aromatic rings. The number of allylic oxidation sites excluding steroid dienone is 2. The van der Waals surface area contributed by atoms with E-state index in [1.807, 2.05) is 18.2 Å². The van der Waals surface area contributed by atoms with Crippen LogP contribution in [-0.2, 0) is 16.8 Å². The van der Waals surface area contributed by atoms with Crippen molar-refractivity contribution in [1.82, 2.24) is 0 Å². The second-order valence-electron chi connectivity index (χ2n) is 6.44. The van der Waals surface area contributed by atoms with Crippen LogP contribution in [0.15, 0.2) is 45.1 Å². The van der Waals surface area contributed by atoms with Crippen molar-refractivity contribution in [2.75, 3.05) is 6.54 Å². The van der Waals surface area contributed by atoms with Gasteiger partial charge in [-0.3, -0.25) is 0 Å². The zero-order chi connectivity index (χ0) is 21.9. The Morgan fingerprint density at radius 1 is 0.786 bits per heavy atom. The van der Waals surface area contributed by atoms with Crippen LogP contribution >= 0.6 is 0 Å². The van der Waals surface area contributed by atoms with Crippen LogP contribution in [0.3, 0.4) is 0 Å². The van der Waals surface area contributed by atoms with Crippen molar-refractivity contribution >= 4 is 22.8 Å². The summed E-state index contributed by atoms with van der Waals surface area (Å²) in [5.41, 5.74) is 1.50. The summed E-state index contributed by atoms with van der Waals surface area (Å²) in [6.45, 7) is 17.0. The molecular formula is C18H33CoN5O4. The zero-order valence-electron chi connectivity index (χ0n) is 17.6. The van der Waals surface area contributed by atoms with E-state index in [1.54, 1.807) is 6.20 Å². The molecule has 1 radical (unpaired) electrons. The minimum absolute atomic E-state index is 0. The van der Waals surface area contributed by atoms with Crippen LogP contribution in [0.1, 0.15) is 48.5 Å². The molecule has 9 nitrogen and oxygen atoms in total. The van der Waals surface area contributed by atoms with E-state index in [1.165, 1.54) is 27.7 Å². The molecule has 0 aromatic carbocycles. The summed E-state index contributed by atoms with van der Waals surface area (Å²) >= 11 is 0. The van der Waals surface area contributed by atoms with Crippen LogP contribution in [0.25, 0.3) is 5.32 Å². The first-order valence-corrected chi connectivity index (χ1v) is 8.03. The number of nitrogens with zero attached hydrogens (tertiary/aromatic N) is 5. The van der Waals surface area contributed by atoms with Gasteiger partial charge in [-0.05, 0) is 27.7 Å². The van der Waals surface area contributed by atoms with Crippen LogP contribution < -0.4 is 0 Å². The van der Waals surface area contributed by atoms with Gasteiger partial charge in [0.1, 0.15) is 22.8 Å². The van der Waals surface area contributed by atoms with Crippen molar-refractivity contribution in [2.24, 2.45) is 26.0 Å². The Bertz CT molecular complexity index is 481. The molecule has 0 aliphatic carbocycles. The van der Waals surface area contributed by atoms with Crippen LogP contribution in [-0.4, -0.2) is 50.2 Å². The quantitative estimate of drug-likeness (QED) is 0.213. The van der Waals surface area contributed by atoms with Crippen LogP contribution in [0.4, 0.5) is 0 Å². The molecule has 1 aliphatic rings.